The lowest BCUT2D eigenvalue weighted by Crippen LogP contribution is -2.39. The molecule has 0 radical (unpaired) electrons. The molecule has 0 saturated carbocycles. The third-order valence-corrected chi connectivity index (χ3v) is 3.96. The summed E-state index contributed by atoms with van der Waals surface area (Å²) in [5.41, 5.74) is 0.329. The monoisotopic (exact) mass is 264 g/mol. The Morgan fingerprint density at radius 1 is 1.11 bits per heavy atom. The Morgan fingerprint density at radius 3 is 2.63 bits per heavy atom. The van der Waals surface area contributed by atoms with Crippen molar-refractivity contribution in [1.82, 2.24) is 0 Å². The predicted molar refractivity (Wildman–Crippen MR) is 70.6 cm³/mol. The van der Waals surface area contributed by atoms with E-state index in [4.69, 9.17) is 14.2 Å². The number of aliphatic hydroxyl groups excluding tert-OH is 1. The Hall–Kier alpha value is -1.26. The van der Waals surface area contributed by atoms with Crippen LogP contribution in [0.5, 0.6) is 11.5 Å². The minimum absolute atomic E-state index is 0.498. The van der Waals surface area contributed by atoms with Crippen LogP contribution in [0.2, 0.25) is 0 Å². The quantitative estimate of drug-likeness (QED) is 0.891. The van der Waals surface area contributed by atoms with Gasteiger partial charge in [-0.15, -0.1) is 0 Å². The van der Waals surface area contributed by atoms with Crippen LogP contribution in [0.15, 0.2) is 18.2 Å². The summed E-state index contributed by atoms with van der Waals surface area (Å²) >= 11 is 0. The molecule has 104 valence electrons. The van der Waals surface area contributed by atoms with Crippen molar-refractivity contribution in [2.45, 2.75) is 37.9 Å². The van der Waals surface area contributed by atoms with Crippen LogP contribution < -0.4 is 9.47 Å². The summed E-state index contributed by atoms with van der Waals surface area (Å²) in [7, 11) is 0. The van der Waals surface area contributed by atoms with Crippen molar-refractivity contribution in [3.8, 4) is 11.5 Å². The Morgan fingerprint density at radius 2 is 1.89 bits per heavy atom. The maximum absolute atomic E-state index is 10.6. The number of rotatable bonds is 2. The maximum atomic E-state index is 10.6. The summed E-state index contributed by atoms with van der Waals surface area (Å²) < 4.78 is 16.9. The van der Waals surface area contributed by atoms with E-state index in [0.717, 1.165) is 37.2 Å². The number of aliphatic hydroxyl groups is 1. The lowest BCUT2D eigenvalue weighted by molar-refractivity contribution is -0.138. The highest BCUT2D eigenvalue weighted by molar-refractivity contribution is 5.44. The zero-order valence-electron chi connectivity index (χ0n) is 11.2. The fourth-order valence-corrected chi connectivity index (χ4v) is 2.75. The summed E-state index contributed by atoms with van der Waals surface area (Å²) in [5, 5.41) is 10.6. The molecule has 1 fully saturated rings. The molecule has 2 aliphatic rings. The number of fused-ring (bicyclic) bond motifs is 1. The van der Waals surface area contributed by atoms with Gasteiger partial charge in [0.05, 0.1) is 5.60 Å². The van der Waals surface area contributed by atoms with E-state index in [9.17, 15) is 5.11 Å². The van der Waals surface area contributed by atoms with E-state index in [-0.39, 0.29) is 0 Å². The Bertz CT molecular complexity index is 451. The van der Waals surface area contributed by atoms with Crippen molar-refractivity contribution in [3.05, 3.63) is 23.8 Å². The van der Waals surface area contributed by atoms with Crippen LogP contribution >= 0.6 is 0 Å². The second kappa shape index (κ2) is 5.02. The molecular formula is C15H20O4. The van der Waals surface area contributed by atoms with Crippen LogP contribution in [0.3, 0.4) is 0 Å². The van der Waals surface area contributed by atoms with E-state index in [0.29, 0.717) is 19.0 Å². The molecular weight excluding hydrogens is 244 g/mol. The number of hydrogen-bond donors (Lipinski definition) is 1. The van der Waals surface area contributed by atoms with E-state index in [1.807, 2.05) is 25.1 Å². The molecule has 19 heavy (non-hydrogen) atoms. The lowest BCUT2D eigenvalue weighted by Gasteiger charge is -2.38. The summed E-state index contributed by atoms with van der Waals surface area (Å²) in [5.74, 6) is 1.46. The standard InChI is InChI=1S/C15H20O4/c1-15(6-2-3-7-19-15)14(16)11-4-5-12-13(10-11)18-9-8-17-12/h4-5,10,14,16H,2-3,6-9H2,1H3. The molecule has 4 heteroatoms. The average molecular weight is 264 g/mol. The van der Waals surface area contributed by atoms with Crippen LogP contribution in [0.1, 0.15) is 37.9 Å². The van der Waals surface area contributed by atoms with Gasteiger partial charge < -0.3 is 19.3 Å². The van der Waals surface area contributed by atoms with E-state index in [1.165, 1.54) is 0 Å². The van der Waals surface area contributed by atoms with E-state index in [2.05, 4.69) is 0 Å². The molecule has 0 amide bonds. The van der Waals surface area contributed by atoms with Gasteiger partial charge in [-0.3, -0.25) is 0 Å². The SMILES string of the molecule is CC1(C(O)c2ccc3c(c2)OCCO3)CCCCO1. The first-order valence-electron chi connectivity index (χ1n) is 6.91. The van der Waals surface area contributed by atoms with Crippen molar-refractivity contribution in [2.24, 2.45) is 0 Å². The third kappa shape index (κ3) is 2.42. The molecule has 0 aromatic heterocycles. The Labute approximate surface area is 113 Å². The van der Waals surface area contributed by atoms with E-state index < -0.39 is 11.7 Å². The van der Waals surface area contributed by atoms with Crippen LogP contribution in [-0.2, 0) is 4.74 Å². The van der Waals surface area contributed by atoms with E-state index >= 15 is 0 Å². The summed E-state index contributed by atoms with van der Waals surface area (Å²) in [6, 6.07) is 5.61. The third-order valence-electron chi connectivity index (χ3n) is 3.96. The molecule has 2 unspecified atom stereocenters. The van der Waals surface area contributed by atoms with Gasteiger partial charge in [0.2, 0.25) is 0 Å². The van der Waals surface area contributed by atoms with Gasteiger partial charge in [-0.2, -0.15) is 0 Å². The van der Waals surface area contributed by atoms with Crippen molar-refractivity contribution < 1.29 is 19.3 Å². The van der Waals surface area contributed by atoms with Crippen molar-refractivity contribution >= 4 is 0 Å². The van der Waals surface area contributed by atoms with Crippen molar-refractivity contribution in [1.29, 1.82) is 0 Å². The first-order valence-corrected chi connectivity index (χ1v) is 6.91. The average Bonchev–Trinajstić information content (AvgIpc) is 2.47. The molecule has 2 heterocycles. The first kappa shape index (κ1) is 12.8. The Kier molecular flexibility index (Phi) is 3.37. The molecule has 0 bridgehead atoms. The largest absolute Gasteiger partial charge is 0.486 e. The molecule has 3 rings (SSSR count). The van der Waals surface area contributed by atoms with Gasteiger partial charge in [0, 0.05) is 6.61 Å². The highest BCUT2D eigenvalue weighted by Gasteiger charge is 2.37. The van der Waals surface area contributed by atoms with E-state index in [1.54, 1.807) is 0 Å². The van der Waals surface area contributed by atoms with Gasteiger partial charge >= 0.3 is 0 Å². The van der Waals surface area contributed by atoms with Gasteiger partial charge in [-0.05, 0) is 43.9 Å². The molecule has 2 aliphatic heterocycles. The minimum atomic E-state index is -0.636. The highest BCUT2D eigenvalue weighted by atomic mass is 16.6. The Balaban J connectivity index is 1.84. The van der Waals surface area contributed by atoms with Gasteiger partial charge in [0.15, 0.2) is 11.5 Å². The smallest absolute Gasteiger partial charge is 0.161 e. The molecule has 4 nitrogen and oxygen atoms in total. The fourth-order valence-electron chi connectivity index (χ4n) is 2.75. The lowest BCUT2D eigenvalue weighted by atomic mass is 9.86. The highest BCUT2D eigenvalue weighted by Crippen LogP contribution is 2.39. The molecule has 1 N–H and O–H groups in total. The fraction of sp³-hybridized carbons (Fsp3) is 0.600. The van der Waals surface area contributed by atoms with Crippen LogP contribution in [-0.4, -0.2) is 30.5 Å². The first-order chi connectivity index (χ1) is 9.19. The van der Waals surface area contributed by atoms with Crippen LogP contribution in [0.4, 0.5) is 0 Å². The predicted octanol–water partition coefficient (Wildman–Crippen LogP) is 2.45. The summed E-state index contributed by atoms with van der Waals surface area (Å²) in [6.07, 6.45) is 2.41. The second-order valence-electron chi connectivity index (χ2n) is 5.42. The molecule has 2 atom stereocenters. The maximum Gasteiger partial charge on any atom is 0.161 e. The summed E-state index contributed by atoms with van der Waals surface area (Å²) in [4.78, 5) is 0. The molecule has 1 aromatic carbocycles. The zero-order chi connectivity index (χ0) is 13.3. The van der Waals surface area contributed by atoms with Gasteiger partial charge in [-0.1, -0.05) is 6.07 Å². The molecule has 1 aromatic rings. The van der Waals surface area contributed by atoms with Gasteiger partial charge in [0.1, 0.15) is 19.3 Å². The van der Waals surface area contributed by atoms with Crippen molar-refractivity contribution in [2.75, 3.05) is 19.8 Å². The topological polar surface area (TPSA) is 47.9 Å². The second-order valence-corrected chi connectivity index (χ2v) is 5.42. The molecule has 1 saturated heterocycles. The molecule has 0 aliphatic carbocycles. The van der Waals surface area contributed by atoms with Gasteiger partial charge in [0.25, 0.3) is 0 Å². The number of hydrogen-bond acceptors (Lipinski definition) is 4. The number of benzene rings is 1. The van der Waals surface area contributed by atoms with Crippen molar-refractivity contribution in [3.63, 3.8) is 0 Å². The number of ether oxygens (including phenoxy) is 3. The van der Waals surface area contributed by atoms with Gasteiger partial charge in [-0.25, -0.2) is 0 Å². The van der Waals surface area contributed by atoms with Crippen LogP contribution in [0.25, 0.3) is 0 Å². The zero-order valence-corrected chi connectivity index (χ0v) is 11.2. The summed E-state index contributed by atoms with van der Waals surface area (Å²) in [6.45, 7) is 3.84. The minimum Gasteiger partial charge on any atom is -0.486 e. The van der Waals surface area contributed by atoms with Crippen LogP contribution in [0, 0.1) is 0 Å². The molecule has 0 spiro atoms. The normalized spacial score (nSPS) is 27.9.